The number of nitrogens with zero attached hydrogens (tertiary/aromatic N) is 5. The molecule has 5 N–H and O–H groups in total. The van der Waals surface area contributed by atoms with Gasteiger partial charge in [0.25, 0.3) is 0 Å². The molecule has 1 saturated heterocycles. The minimum absolute atomic E-state index is 0. The molecule has 0 amide bonds. The molecule has 0 radical (unpaired) electrons. The first-order valence-electron chi connectivity index (χ1n) is 12.0. The predicted octanol–water partition coefficient (Wildman–Crippen LogP) is 4.36. The van der Waals surface area contributed by atoms with Crippen LogP contribution in [0.15, 0.2) is 71.2 Å². The zero-order valence-electron chi connectivity index (χ0n) is 20.5. The Labute approximate surface area is 235 Å². The van der Waals surface area contributed by atoms with Crippen LogP contribution in [0.1, 0.15) is 12.8 Å². The third-order valence-corrected chi connectivity index (χ3v) is 8.85. The zero-order chi connectivity index (χ0) is 26.2. The fourth-order valence-electron chi connectivity index (χ4n) is 4.59. The number of hydrogen-bond acceptors (Lipinski definition) is 8. The topological polar surface area (TPSA) is 147 Å². The van der Waals surface area contributed by atoms with Crippen molar-refractivity contribution >= 4 is 44.8 Å². The van der Waals surface area contributed by atoms with E-state index >= 15 is 0 Å². The number of halogens is 1. The van der Waals surface area contributed by atoms with E-state index in [-0.39, 0.29) is 23.0 Å². The summed E-state index contributed by atoms with van der Waals surface area (Å²) in [7, 11) is -1.29. The van der Waals surface area contributed by atoms with Gasteiger partial charge in [0.2, 0.25) is 5.95 Å². The third kappa shape index (κ3) is 5.47. The maximum Gasteiger partial charge on any atom is 0.223 e. The van der Waals surface area contributed by atoms with E-state index in [0.717, 1.165) is 29.2 Å². The summed E-state index contributed by atoms with van der Waals surface area (Å²) in [4.78, 5) is 15.4. The Hall–Kier alpha value is -3.55. The summed E-state index contributed by atoms with van der Waals surface area (Å²) < 4.78 is 17.0. The van der Waals surface area contributed by atoms with E-state index in [9.17, 15) is 14.4 Å². The van der Waals surface area contributed by atoms with Crippen LogP contribution in [0.4, 0.5) is 5.95 Å². The number of thiazole rings is 1. The van der Waals surface area contributed by atoms with Crippen LogP contribution in [0.25, 0.3) is 27.6 Å². The molecule has 2 atom stereocenters. The van der Waals surface area contributed by atoms with Crippen LogP contribution in [0, 0.1) is 0 Å². The van der Waals surface area contributed by atoms with E-state index in [1.54, 1.807) is 36.5 Å². The molecule has 1 aliphatic heterocycles. The third-order valence-electron chi connectivity index (χ3n) is 6.36. The fraction of sp³-hybridized carbons (Fsp3) is 0.192. The van der Waals surface area contributed by atoms with Crippen LogP contribution in [0.2, 0.25) is 5.02 Å². The van der Waals surface area contributed by atoms with Crippen LogP contribution in [0.3, 0.4) is 0 Å². The number of phenols is 2. The van der Waals surface area contributed by atoms with Crippen molar-refractivity contribution in [1.29, 1.82) is 0 Å². The number of phenolic OH excluding ortho intramolecular Hbond substituents is 2. The second-order valence-corrected chi connectivity index (χ2v) is 11.7. The Morgan fingerprint density at radius 1 is 1.10 bits per heavy atom. The zero-order valence-corrected chi connectivity index (χ0v) is 22.9. The minimum Gasteiger partial charge on any atom is -0.508 e. The second kappa shape index (κ2) is 11.3. The molecule has 39 heavy (non-hydrogen) atoms. The lowest BCUT2D eigenvalue weighted by molar-refractivity contribution is 0.342. The Morgan fingerprint density at radius 2 is 1.92 bits per heavy atom. The lowest BCUT2D eigenvalue weighted by Crippen LogP contribution is -2.43. The largest absolute Gasteiger partial charge is 0.508 e. The molecule has 2 aromatic carbocycles. The van der Waals surface area contributed by atoms with Gasteiger partial charge >= 0.3 is 0 Å². The number of rotatable bonds is 6. The molecule has 13 heteroatoms. The average Bonchev–Trinajstić information content (AvgIpc) is 3.52. The SMILES string of the molecule is O.O=S(c1ccc(Cl)cc1)N1CCC[C@@H](Nc2nccc(-c3c(-c4cc(O)ccc4O)nc4sccn34)n2)C1. The minimum atomic E-state index is -1.29. The number of fused-ring (bicyclic) bond motifs is 1. The normalized spacial score (nSPS) is 16.6. The average molecular weight is 585 g/mol. The molecule has 0 saturated carbocycles. The van der Waals surface area contributed by atoms with Crippen molar-refractivity contribution < 1.29 is 19.9 Å². The number of imidazole rings is 1. The summed E-state index contributed by atoms with van der Waals surface area (Å²) in [6, 6.07) is 13.2. The van der Waals surface area contributed by atoms with Gasteiger partial charge in [-0.3, -0.25) is 4.40 Å². The van der Waals surface area contributed by atoms with E-state index in [1.807, 2.05) is 20.3 Å². The first-order chi connectivity index (χ1) is 18.5. The van der Waals surface area contributed by atoms with Crippen molar-refractivity contribution in [3.05, 3.63) is 71.3 Å². The van der Waals surface area contributed by atoms with Crippen LogP contribution >= 0.6 is 22.9 Å². The Bertz CT molecular complexity index is 1640. The standard InChI is InChI=1S/C26H23ClN6O3S2.H2O/c27-16-3-6-19(7-4-16)38(36)32-11-1-2-17(15-32)29-25-28-10-9-21(30-25)24-23(31-26-33(24)12-13-37-26)20-14-18(34)5-8-22(20)35;/h3-10,12-14,17,34-35H,1-2,11,15H2,(H,28,29,30);1H2/t17-,38?;/m1./s1. The highest BCUT2D eigenvalue weighted by Crippen LogP contribution is 2.39. The molecule has 4 heterocycles. The quantitative estimate of drug-likeness (QED) is 0.251. The summed E-state index contributed by atoms with van der Waals surface area (Å²) in [5.41, 5.74) is 2.22. The smallest absolute Gasteiger partial charge is 0.223 e. The van der Waals surface area contributed by atoms with E-state index in [4.69, 9.17) is 21.6 Å². The number of nitrogens with one attached hydrogen (secondary N) is 1. The lowest BCUT2D eigenvalue weighted by Gasteiger charge is -2.32. The van der Waals surface area contributed by atoms with Crippen molar-refractivity contribution in [2.45, 2.75) is 23.8 Å². The van der Waals surface area contributed by atoms with Crippen molar-refractivity contribution in [1.82, 2.24) is 23.7 Å². The highest BCUT2D eigenvalue weighted by atomic mass is 35.5. The van der Waals surface area contributed by atoms with Gasteiger partial charge in [-0.25, -0.2) is 23.5 Å². The first-order valence-corrected chi connectivity index (χ1v) is 14.3. The van der Waals surface area contributed by atoms with Gasteiger partial charge in [-0.15, -0.1) is 11.3 Å². The van der Waals surface area contributed by atoms with Gasteiger partial charge in [0.05, 0.1) is 10.6 Å². The molecular weight excluding hydrogens is 560 g/mol. The molecule has 1 fully saturated rings. The van der Waals surface area contributed by atoms with E-state index in [2.05, 4.69) is 10.3 Å². The molecule has 10 nitrogen and oxygen atoms in total. The number of anilines is 1. The van der Waals surface area contributed by atoms with E-state index < -0.39 is 11.0 Å². The second-order valence-electron chi connectivity index (χ2n) is 8.91. The summed E-state index contributed by atoms with van der Waals surface area (Å²) in [6.45, 7) is 1.31. The Morgan fingerprint density at radius 3 is 2.74 bits per heavy atom. The van der Waals surface area contributed by atoms with Gasteiger partial charge in [-0.05, 0) is 61.4 Å². The van der Waals surface area contributed by atoms with Crippen LogP contribution < -0.4 is 5.32 Å². The number of benzene rings is 2. The Kier molecular flexibility index (Phi) is 7.82. The van der Waals surface area contributed by atoms with Gasteiger partial charge in [0.15, 0.2) is 4.96 Å². The monoisotopic (exact) mass is 584 g/mol. The van der Waals surface area contributed by atoms with Gasteiger partial charge in [-0.2, -0.15) is 0 Å². The van der Waals surface area contributed by atoms with Crippen molar-refractivity contribution in [2.24, 2.45) is 0 Å². The molecular formula is C26H25ClN6O4S2. The molecule has 5 aromatic rings. The lowest BCUT2D eigenvalue weighted by atomic mass is 10.1. The van der Waals surface area contributed by atoms with Gasteiger partial charge < -0.3 is 21.0 Å². The molecule has 3 aromatic heterocycles. The van der Waals surface area contributed by atoms with Crippen molar-refractivity contribution in [3.8, 4) is 34.1 Å². The summed E-state index contributed by atoms with van der Waals surface area (Å²) in [6.07, 6.45) is 5.35. The number of aromatic nitrogens is 4. The van der Waals surface area contributed by atoms with Gasteiger partial charge in [-0.1, -0.05) is 11.6 Å². The van der Waals surface area contributed by atoms with Crippen LogP contribution in [-0.2, 0) is 11.0 Å². The number of piperidine rings is 1. The number of aromatic hydroxyl groups is 2. The van der Waals surface area contributed by atoms with Crippen LogP contribution in [0.5, 0.6) is 11.5 Å². The highest BCUT2D eigenvalue weighted by Gasteiger charge is 2.26. The van der Waals surface area contributed by atoms with E-state index in [1.165, 1.54) is 29.5 Å². The van der Waals surface area contributed by atoms with Crippen LogP contribution in [-0.4, -0.2) is 62.7 Å². The van der Waals surface area contributed by atoms with E-state index in [0.29, 0.717) is 40.2 Å². The first kappa shape index (κ1) is 27.0. The summed E-state index contributed by atoms with van der Waals surface area (Å²) >= 11 is 7.45. The van der Waals surface area contributed by atoms with Crippen molar-refractivity contribution in [3.63, 3.8) is 0 Å². The maximum atomic E-state index is 13.1. The van der Waals surface area contributed by atoms with Gasteiger partial charge in [0, 0.05) is 47.5 Å². The summed E-state index contributed by atoms with van der Waals surface area (Å²) in [5.74, 6) is 0.490. The molecule has 1 unspecified atom stereocenters. The molecule has 0 spiro atoms. The summed E-state index contributed by atoms with van der Waals surface area (Å²) in [5, 5.41) is 26.5. The maximum absolute atomic E-state index is 13.1. The fourth-order valence-corrected chi connectivity index (χ4v) is 6.70. The highest BCUT2D eigenvalue weighted by molar-refractivity contribution is 7.82. The molecule has 1 aliphatic rings. The molecule has 0 aliphatic carbocycles. The van der Waals surface area contributed by atoms with Crippen molar-refractivity contribution in [2.75, 3.05) is 18.4 Å². The number of hydrogen-bond donors (Lipinski definition) is 3. The molecule has 6 rings (SSSR count). The predicted molar refractivity (Wildman–Crippen MR) is 153 cm³/mol. The molecule has 202 valence electrons. The Balaban J connectivity index is 0.00000308. The molecule has 0 bridgehead atoms. The van der Waals surface area contributed by atoms with Gasteiger partial charge in [0.1, 0.15) is 33.9 Å².